The minimum atomic E-state index is -0.711. The summed E-state index contributed by atoms with van der Waals surface area (Å²) < 4.78 is 6.67. The zero-order valence-corrected chi connectivity index (χ0v) is 14.2. The zero-order chi connectivity index (χ0) is 17.5. The topological polar surface area (TPSA) is 76.4 Å². The first-order valence-electron chi connectivity index (χ1n) is 7.77. The lowest BCUT2D eigenvalue weighted by atomic mass is 10.2. The van der Waals surface area contributed by atoms with Crippen LogP contribution in [0.4, 0.5) is 0 Å². The number of hydrogen-bond acceptors (Lipinski definition) is 4. The monoisotopic (exact) mass is 329 g/mol. The van der Waals surface area contributed by atoms with Gasteiger partial charge in [-0.15, -0.1) is 0 Å². The molecular formula is C18H23N3O3. The van der Waals surface area contributed by atoms with Gasteiger partial charge in [0.15, 0.2) is 0 Å². The molecule has 0 spiro atoms. The number of nitrogens with zero attached hydrogens (tertiary/aromatic N) is 2. The predicted octanol–water partition coefficient (Wildman–Crippen LogP) is 1.63. The first kappa shape index (κ1) is 17.9. The van der Waals surface area contributed by atoms with Crippen molar-refractivity contribution < 1.29 is 14.6 Å². The molecule has 0 fully saturated rings. The summed E-state index contributed by atoms with van der Waals surface area (Å²) in [6.45, 7) is 4.21. The number of para-hydroxylation sites is 1. The van der Waals surface area contributed by atoms with Crippen LogP contribution in [0.2, 0.25) is 0 Å². The Hall–Kier alpha value is -2.44. The number of rotatable bonds is 7. The second-order valence-electron chi connectivity index (χ2n) is 5.52. The largest absolute Gasteiger partial charge is 0.389 e. The van der Waals surface area contributed by atoms with Crippen molar-refractivity contribution in [2.75, 3.05) is 20.3 Å². The smallest absolute Gasteiger partial charge is 0.244 e. The summed E-state index contributed by atoms with van der Waals surface area (Å²) in [6.07, 6.45) is 2.48. The molecule has 1 unspecified atom stereocenters. The number of hydrogen-bond donors (Lipinski definition) is 2. The van der Waals surface area contributed by atoms with Gasteiger partial charge in [-0.3, -0.25) is 4.79 Å². The number of aliphatic hydroxyl groups excluding tert-OH is 1. The van der Waals surface area contributed by atoms with E-state index in [9.17, 15) is 9.90 Å². The minimum absolute atomic E-state index is 0.151. The molecule has 2 rings (SSSR count). The third-order valence-corrected chi connectivity index (χ3v) is 3.62. The van der Waals surface area contributed by atoms with Gasteiger partial charge in [-0.2, -0.15) is 5.10 Å². The third kappa shape index (κ3) is 4.53. The molecule has 1 aromatic carbocycles. The van der Waals surface area contributed by atoms with E-state index in [2.05, 4.69) is 10.4 Å². The lowest BCUT2D eigenvalue weighted by molar-refractivity contribution is -0.117. The number of nitrogens with one attached hydrogen (secondary N) is 1. The molecular weight excluding hydrogens is 306 g/mol. The average Bonchev–Trinajstić information content (AvgIpc) is 2.86. The predicted molar refractivity (Wildman–Crippen MR) is 93.0 cm³/mol. The van der Waals surface area contributed by atoms with E-state index in [1.165, 1.54) is 13.2 Å². The van der Waals surface area contributed by atoms with E-state index in [-0.39, 0.29) is 19.1 Å². The Morgan fingerprint density at radius 2 is 2.08 bits per heavy atom. The van der Waals surface area contributed by atoms with E-state index in [0.29, 0.717) is 0 Å². The van der Waals surface area contributed by atoms with Crippen LogP contribution in [-0.2, 0) is 9.53 Å². The number of carbonyl (C=O) groups excluding carboxylic acids is 1. The van der Waals surface area contributed by atoms with E-state index in [0.717, 1.165) is 22.6 Å². The number of amides is 1. The van der Waals surface area contributed by atoms with Crippen LogP contribution in [0.3, 0.4) is 0 Å². The highest BCUT2D eigenvalue weighted by Crippen LogP contribution is 2.18. The van der Waals surface area contributed by atoms with Gasteiger partial charge in [0.05, 0.1) is 24.1 Å². The Kier molecular flexibility index (Phi) is 6.28. The Labute approximate surface area is 141 Å². The molecule has 6 nitrogen and oxygen atoms in total. The highest BCUT2D eigenvalue weighted by atomic mass is 16.5. The maximum Gasteiger partial charge on any atom is 0.244 e. The maximum atomic E-state index is 11.8. The number of carbonyl (C=O) groups is 1. The molecule has 24 heavy (non-hydrogen) atoms. The van der Waals surface area contributed by atoms with Gasteiger partial charge >= 0.3 is 0 Å². The van der Waals surface area contributed by atoms with Crippen LogP contribution in [0.5, 0.6) is 0 Å². The van der Waals surface area contributed by atoms with Crippen molar-refractivity contribution >= 4 is 12.0 Å². The molecule has 6 heteroatoms. The van der Waals surface area contributed by atoms with Crippen LogP contribution in [0.15, 0.2) is 36.4 Å². The molecule has 0 aliphatic heterocycles. The van der Waals surface area contributed by atoms with Gasteiger partial charge in [0.2, 0.25) is 5.91 Å². The molecule has 1 heterocycles. The van der Waals surface area contributed by atoms with Crippen LogP contribution in [0.25, 0.3) is 11.8 Å². The zero-order valence-electron chi connectivity index (χ0n) is 14.2. The normalized spacial score (nSPS) is 12.5. The molecule has 0 bridgehead atoms. The molecule has 1 atom stereocenters. The molecule has 1 aromatic heterocycles. The Morgan fingerprint density at radius 3 is 2.75 bits per heavy atom. The van der Waals surface area contributed by atoms with Crippen LogP contribution in [0.1, 0.15) is 17.0 Å². The number of aryl methyl sites for hydroxylation is 1. The molecule has 128 valence electrons. The highest BCUT2D eigenvalue weighted by molar-refractivity contribution is 5.92. The Bertz CT molecular complexity index is 708. The molecule has 0 aliphatic rings. The molecule has 0 saturated heterocycles. The van der Waals surface area contributed by atoms with E-state index in [1.54, 1.807) is 6.08 Å². The van der Waals surface area contributed by atoms with Gasteiger partial charge in [-0.25, -0.2) is 4.68 Å². The number of benzene rings is 1. The minimum Gasteiger partial charge on any atom is -0.389 e. The Balaban J connectivity index is 2.07. The summed E-state index contributed by atoms with van der Waals surface area (Å²) >= 11 is 0. The van der Waals surface area contributed by atoms with Crippen LogP contribution < -0.4 is 5.32 Å². The second-order valence-corrected chi connectivity index (χ2v) is 5.52. The SMILES string of the molecule is COCC(O)CNC(=O)/C=C/c1c(C)nn(-c2ccccc2)c1C. The summed E-state index contributed by atoms with van der Waals surface area (Å²) in [5, 5.41) is 16.7. The van der Waals surface area contributed by atoms with Gasteiger partial charge < -0.3 is 15.2 Å². The number of aromatic nitrogens is 2. The van der Waals surface area contributed by atoms with Crippen molar-refractivity contribution in [2.45, 2.75) is 20.0 Å². The summed E-state index contributed by atoms with van der Waals surface area (Å²) in [7, 11) is 1.50. The fraction of sp³-hybridized carbons (Fsp3) is 0.333. The summed E-state index contributed by atoms with van der Waals surface area (Å²) in [6, 6.07) is 9.84. The standard InChI is InChI=1S/C18H23N3O3/c1-13-17(9-10-18(23)19-11-16(22)12-24-3)14(2)21(20-13)15-7-5-4-6-8-15/h4-10,16,22H,11-12H2,1-3H3,(H,19,23)/b10-9+. The fourth-order valence-corrected chi connectivity index (χ4v) is 2.40. The average molecular weight is 329 g/mol. The van der Waals surface area contributed by atoms with Gasteiger partial charge in [0, 0.05) is 31.0 Å². The molecule has 0 radical (unpaired) electrons. The van der Waals surface area contributed by atoms with Crippen molar-refractivity contribution in [3.8, 4) is 5.69 Å². The van der Waals surface area contributed by atoms with Crippen molar-refractivity contribution in [3.63, 3.8) is 0 Å². The van der Waals surface area contributed by atoms with E-state index in [4.69, 9.17) is 4.74 Å². The van der Waals surface area contributed by atoms with E-state index < -0.39 is 6.10 Å². The van der Waals surface area contributed by atoms with Crippen LogP contribution >= 0.6 is 0 Å². The lowest BCUT2D eigenvalue weighted by Crippen LogP contribution is -2.33. The van der Waals surface area contributed by atoms with Crippen molar-refractivity contribution in [1.29, 1.82) is 0 Å². The summed E-state index contributed by atoms with van der Waals surface area (Å²) in [5.41, 5.74) is 3.69. The van der Waals surface area contributed by atoms with Crippen LogP contribution in [0, 0.1) is 13.8 Å². The summed E-state index contributed by atoms with van der Waals surface area (Å²) in [4.78, 5) is 11.8. The Morgan fingerprint density at radius 1 is 1.38 bits per heavy atom. The van der Waals surface area contributed by atoms with E-state index >= 15 is 0 Å². The first-order valence-corrected chi connectivity index (χ1v) is 7.77. The van der Waals surface area contributed by atoms with Gasteiger partial charge in [-0.1, -0.05) is 18.2 Å². The van der Waals surface area contributed by atoms with Gasteiger partial charge in [0.1, 0.15) is 0 Å². The molecule has 0 aliphatic carbocycles. The summed E-state index contributed by atoms with van der Waals surface area (Å²) in [5.74, 6) is -0.267. The lowest BCUT2D eigenvalue weighted by Gasteiger charge is -2.09. The van der Waals surface area contributed by atoms with Crippen molar-refractivity contribution in [2.24, 2.45) is 0 Å². The van der Waals surface area contributed by atoms with Crippen LogP contribution in [-0.4, -0.2) is 47.2 Å². The third-order valence-electron chi connectivity index (χ3n) is 3.62. The molecule has 2 aromatic rings. The highest BCUT2D eigenvalue weighted by Gasteiger charge is 2.11. The van der Waals surface area contributed by atoms with Gasteiger partial charge in [0.25, 0.3) is 0 Å². The maximum absolute atomic E-state index is 11.8. The number of ether oxygens (including phenoxy) is 1. The quantitative estimate of drug-likeness (QED) is 0.757. The molecule has 2 N–H and O–H groups in total. The number of aliphatic hydroxyl groups is 1. The number of methoxy groups -OCH3 is 1. The fourth-order valence-electron chi connectivity index (χ4n) is 2.40. The molecule has 1 amide bonds. The second kappa shape index (κ2) is 8.42. The molecule has 0 saturated carbocycles. The van der Waals surface area contributed by atoms with Gasteiger partial charge in [-0.05, 0) is 32.1 Å². The van der Waals surface area contributed by atoms with Crippen molar-refractivity contribution in [1.82, 2.24) is 15.1 Å². The first-order chi connectivity index (χ1) is 11.5. The van der Waals surface area contributed by atoms with E-state index in [1.807, 2.05) is 48.9 Å². The van der Waals surface area contributed by atoms with Crippen molar-refractivity contribution in [3.05, 3.63) is 53.4 Å².